The summed E-state index contributed by atoms with van der Waals surface area (Å²) in [6.45, 7) is 4.34. The summed E-state index contributed by atoms with van der Waals surface area (Å²) in [5.41, 5.74) is 3.77. The van der Waals surface area contributed by atoms with Crippen molar-refractivity contribution in [1.82, 2.24) is 9.80 Å². The molecule has 2 atom stereocenters. The van der Waals surface area contributed by atoms with Crippen LogP contribution in [0.1, 0.15) is 42.0 Å². The van der Waals surface area contributed by atoms with Crippen molar-refractivity contribution in [3.8, 4) is 0 Å². The second-order valence-corrected chi connectivity index (χ2v) is 9.03. The van der Waals surface area contributed by atoms with Crippen LogP contribution in [0.25, 0.3) is 0 Å². The van der Waals surface area contributed by atoms with Crippen molar-refractivity contribution in [2.24, 2.45) is 11.8 Å². The van der Waals surface area contributed by atoms with Gasteiger partial charge in [0.15, 0.2) is 0 Å². The van der Waals surface area contributed by atoms with Crippen molar-refractivity contribution in [2.75, 3.05) is 26.2 Å². The Morgan fingerprint density at radius 1 is 1.00 bits per heavy atom. The number of fused-ring (bicyclic) bond motifs is 4. The number of hydrogen-bond acceptors (Lipinski definition) is 2. The number of hydrogen-bond donors (Lipinski definition) is 0. The molecule has 4 heteroatoms. The molecular weight excluding hydrogens is 368 g/mol. The molecule has 6 rings (SSSR count). The summed E-state index contributed by atoms with van der Waals surface area (Å²) >= 11 is 6.13. The Bertz CT molecular complexity index is 857. The first-order valence-corrected chi connectivity index (χ1v) is 10.9. The molecule has 3 saturated heterocycles. The second-order valence-electron chi connectivity index (χ2n) is 8.59. The Labute approximate surface area is 172 Å². The number of benzene rings is 2. The standard InChI is InChI=1S/C24H27ClN2O/c25-21-7-5-19(6-8-21)24-22-4-2-1-3-18(22)11-14-27(24)23(28)15-20-16-26-12-9-17(20)10-13-26/h1-8,17,20,24H,9-16H2/t20-,24-/m1/s1. The Hall–Kier alpha value is -1.84. The maximum Gasteiger partial charge on any atom is 0.223 e. The van der Waals surface area contributed by atoms with Crippen LogP contribution in [0.4, 0.5) is 0 Å². The number of amides is 1. The number of halogens is 1. The van der Waals surface area contributed by atoms with E-state index in [0.717, 1.165) is 36.0 Å². The third-order valence-electron chi connectivity index (χ3n) is 7.02. The van der Waals surface area contributed by atoms with E-state index in [1.165, 1.54) is 37.1 Å². The van der Waals surface area contributed by atoms with Gasteiger partial charge in [-0.15, -0.1) is 0 Å². The first-order valence-electron chi connectivity index (χ1n) is 10.5. The summed E-state index contributed by atoms with van der Waals surface area (Å²) in [5, 5.41) is 0.734. The zero-order valence-corrected chi connectivity index (χ0v) is 16.9. The summed E-state index contributed by atoms with van der Waals surface area (Å²) in [7, 11) is 0. The lowest BCUT2D eigenvalue weighted by atomic mass is 9.77. The van der Waals surface area contributed by atoms with Crippen LogP contribution in [0.2, 0.25) is 5.02 Å². The molecule has 3 nitrogen and oxygen atoms in total. The van der Waals surface area contributed by atoms with Crippen LogP contribution in [0.5, 0.6) is 0 Å². The first-order chi connectivity index (χ1) is 13.7. The molecule has 0 unspecified atom stereocenters. The molecule has 0 spiro atoms. The third-order valence-corrected chi connectivity index (χ3v) is 7.27. The van der Waals surface area contributed by atoms with Crippen LogP contribution in [0, 0.1) is 11.8 Å². The van der Waals surface area contributed by atoms with E-state index < -0.39 is 0 Å². The average molecular weight is 395 g/mol. The average Bonchev–Trinajstić information content (AvgIpc) is 2.74. The van der Waals surface area contributed by atoms with Gasteiger partial charge in [-0.05, 0) is 73.0 Å². The van der Waals surface area contributed by atoms with Crippen LogP contribution in [0.3, 0.4) is 0 Å². The molecule has 146 valence electrons. The molecule has 0 radical (unpaired) electrons. The summed E-state index contributed by atoms with van der Waals surface area (Å²) in [5.74, 6) is 1.58. The molecule has 1 amide bonds. The molecule has 2 bridgehead atoms. The predicted molar refractivity (Wildman–Crippen MR) is 112 cm³/mol. The van der Waals surface area contributed by atoms with Gasteiger partial charge in [0.2, 0.25) is 5.91 Å². The van der Waals surface area contributed by atoms with E-state index in [1.54, 1.807) is 0 Å². The van der Waals surface area contributed by atoms with Gasteiger partial charge in [-0.2, -0.15) is 0 Å². The summed E-state index contributed by atoms with van der Waals surface area (Å²) < 4.78 is 0. The first kappa shape index (κ1) is 18.2. The van der Waals surface area contributed by atoms with Crippen molar-refractivity contribution < 1.29 is 4.79 Å². The fourth-order valence-electron chi connectivity index (χ4n) is 5.50. The van der Waals surface area contributed by atoms with Gasteiger partial charge in [-0.25, -0.2) is 0 Å². The summed E-state index contributed by atoms with van der Waals surface area (Å²) in [6.07, 6.45) is 4.16. The Morgan fingerprint density at radius 3 is 2.46 bits per heavy atom. The van der Waals surface area contributed by atoms with Crippen LogP contribution >= 0.6 is 11.6 Å². The molecular formula is C24H27ClN2O. The molecule has 2 aromatic carbocycles. The number of nitrogens with zero attached hydrogens (tertiary/aromatic N) is 2. The minimum atomic E-state index is -0.00389. The van der Waals surface area contributed by atoms with E-state index in [0.29, 0.717) is 18.2 Å². The van der Waals surface area contributed by atoms with Crippen molar-refractivity contribution >= 4 is 17.5 Å². The fraction of sp³-hybridized carbons (Fsp3) is 0.458. The fourth-order valence-corrected chi connectivity index (χ4v) is 5.63. The lowest BCUT2D eigenvalue weighted by molar-refractivity contribution is -0.136. The Balaban J connectivity index is 1.43. The summed E-state index contributed by atoms with van der Waals surface area (Å²) in [6, 6.07) is 16.6. The quantitative estimate of drug-likeness (QED) is 0.762. The van der Waals surface area contributed by atoms with Crippen LogP contribution in [-0.4, -0.2) is 41.9 Å². The predicted octanol–water partition coefficient (Wildman–Crippen LogP) is 4.55. The molecule has 0 N–H and O–H groups in total. The SMILES string of the molecule is O=C(C[C@@H]1CN2CCC1CC2)N1CCc2ccccc2[C@H]1c1ccc(Cl)cc1. The van der Waals surface area contributed by atoms with Gasteiger partial charge in [0, 0.05) is 24.5 Å². The summed E-state index contributed by atoms with van der Waals surface area (Å²) in [4.78, 5) is 18.2. The maximum absolute atomic E-state index is 13.5. The zero-order valence-electron chi connectivity index (χ0n) is 16.2. The van der Waals surface area contributed by atoms with Gasteiger partial charge in [-0.3, -0.25) is 4.79 Å². The molecule has 4 aliphatic rings. The van der Waals surface area contributed by atoms with Gasteiger partial charge in [-0.1, -0.05) is 48.0 Å². The van der Waals surface area contributed by atoms with Crippen molar-refractivity contribution in [2.45, 2.75) is 31.7 Å². The topological polar surface area (TPSA) is 23.6 Å². The monoisotopic (exact) mass is 394 g/mol. The van der Waals surface area contributed by atoms with E-state index in [4.69, 9.17) is 11.6 Å². The van der Waals surface area contributed by atoms with Gasteiger partial charge >= 0.3 is 0 Å². The van der Waals surface area contributed by atoms with Crippen LogP contribution in [0.15, 0.2) is 48.5 Å². The molecule has 3 fully saturated rings. The molecule has 4 heterocycles. The van der Waals surface area contributed by atoms with Crippen LogP contribution < -0.4 is 0 Å². The van der Waals surface area contributed by atoms with E-state index in [1.807, 2.05) is 12.1 Å². The number of carbonyl (C=O) groups excluding carboxylic acids is 1. The highest BCUT2D eigenvalue weighted by Gasteiger charge is 2.38. The zero-order chi connectivity index (χ0) is 19.1. The van der Waals surface area contributed by atoms with Gasteiger partial charge in [0.1, 0.15) is 0 Å². The number of rotatable bonds is 3. The number of carbonyl (C=O) groups is 1. The van der Waals surface area contributed by atoms with Gasteiger partial charge in [0.05, 0.1) is 6.04 Å². The highest BCUT2D eigenvalue weighted by molar-refractivity contribution is 6.30. The molecule has 2 aromatic rings. The van der Waals surface area contributed by atoms with E-state index in [-0.39, 0.29) is 6.04 Å². The Kier molecular flexibility index (Phi) is 4.90. The minimum absolute atomic E-state index is 0.00389. The van der Waals surface area contributed by atoms with Gasteiger partial charge in [0.25, 0.3) is 0 Å². The third kappa shape index (κ3) is 3.35. The lowest BCUT2D eigenvalue weighted by Crippen LogP contribution is -2.49. The second kappa shape index (κ2) is 7.53. The molecule has 4 aliphatic heterocycles. The van der Waals surface area contributed by atoms with Gasteiger partial charge < -0.3 is 9.80 Å². The normalized spacial score (nSPS) is 28.8. The van der Waals surface area contributed by atoms with Crippen molar-refractivity contribution in [3.05, 3.63) is 70.2 Å². The highest BCUT2D eigenvalue weighted by atomic mass is 35.5. The van der Waals surface area contributed by atoms with E-state index in [2.05, 4.69) is 46.2 Å². The van der Waals surface area contributed by atoms with E-state index >= 15 is 0 Å². The molecule has 0 aromatic heterocycles. The smallest absolute Gasteiger partial charge is 0.223 e. The molecule has 28 heavy (non-hydrogen) atoms. The molecule has 0 aliphatic carbocycles. The van der Waals surface area contributed by atoms with E-state index in [9.17, 15) is 4.79 Å². The number of piperidine rings is 3. The maximum atomic E-state index is 13.5. The highest BCUT2D eigenvalue weighted by Crippen LogP contribution is 2.39. The van der Waals surface area contributed by atoms with Crippen molar-refractivity contribution in [3.63, 3.8) is 0 Å². The Morgan fingerprint density at radius 2 is 1.75 bits per heavy atom. The largest absolute Gasteiger partial charge is 0.331 e. The minimum Gasteiger partial charge on any atom is -0.331 e. The van der Waals surface area contributed by atoms with Crippen molar-refractivity contribution in [1.29, 1.82) is 0 Å². The van der Waals surface area contributed by atoms with Crippen LogP contribution in [-0.2, 0) is 11.2 Å². The molecule has 0 saturated carbocycles. The lowest BCUT2D eigenvalue weighted by Gasteiger charge is -2.46.